The zero-order chi connectivity index (χ0) is 23.4. The van der Waals surface area contributed by atoms with E-state index in [1.807, 2.05) is 0 Å². The van der Waals surface area contributed by atoms with Gasteiger partial charge in [-0.25, -0.2) is 0 Å². The van der Waals surface area contributed by atoms with Gasteiger partial charge in [-0.1, -0.05) is 0 Å². The van der Waals surface area contributed by atoms with Crippen molar-refractivity contribution >= 4 is 0 Å². The number of rotatable bonds is 22. The van der Waals surface area contributed by atoms with Gasteiger partial charge in [0.15, 0.2) is 6.29 Å². The zero-order valence-corrected chi connectivity index (χ0v) is 19.3. The van der Waals surface area contributed by atoms with E-state index in [2.05, 4.69) is 0 Å². The maximum absolute atomic E-state index is 8.48. The molecule has 1 heterocycles. The smallest absolute Gasteiger partial charge is 0.157 e. The molecule has 0 radical (unpaired) electrons. The van der Waals surface area contributed by atoms with Crippen LogP contribution >= 0.6 is 0 Å². The van der Waals surface area contributed by atoms with E-state index in [1.54, 1.807) is 0 Å². The largest absolute Gasteiger partial charge is 0.394 e. The maximum atomic E-state index is 8.48. The van der Waals surface area contributed by atoms with Gasteiger partial charge >= 0.3 is 0 Å². The Morgan fingerprint density at radius 3 is 1.22 bits per heavy atom. The molecule has 1 unspecified atom stereocenters. The van der Waals surface area contributed by atoms with E-state index >= 15 is 0 Å². The lowest BCUT2D eigenvalue weighted by atomic mass is 10.2. The van der Waals surface area contributed by atoms with Gasteiger partial charge in [-0.2, -0.15) is 0 Å². The Labute approximate surface area is 191 Å². The molecule has 0 amide bonds. The summed E-state index contributed by atoms with van der Waals surface area (Å²) in [5, 5.41) is 25.2. The molecule has 0 aliphatic carbocycles. The van der Waals surface area contributed by atoms with Gasteiger partial charge in [0.2, 0.25) is 0 Å². The molecule has 11 heteroatoms. The molecule has 1 saturated heterocycles. The third-order valence-corrected chi connectivity index (χ3v) is 3.86. The minimum Gasteiger partial charge on any atom is -0.394 e. The van der Waals surface area contributed by atoms with Crippen molar-refractivity contribution < 1.29 is 53.2 Å². The second-order valence-corrected chi connectivity index (χ2v) is 6.51. The first kappa shape index (κ1) is 31.6. The molecule has 1 fully saturated rings. The molecule has 0 saturated carbocycles. The SMILES string of the molecule is OCCOCCOCCOCCO.OCCOCCOCCOCCOC1CCCCO1. The summed E-state index contributed by atoms with van der Waals surface area (Å²) in [5.41, 5.74) is 0. The molecule has 0 bridgehead atoms. The Morgan fingerprint density at radius 2 is 0.875 bits per heavy atom. The number of hydrogen-bond donors (Lipinski definition) is 3. The first-order valence-electron chi connectivity index (χ1n) is 11.4. The van der Waals surface area contributed by atoms with Crippen molar-refractivity contribution in [1.82, 2.24) is 0 Å². The summed E-state index contributed by atoms with van der Waals surface area (Å²) in [6.45, 7) is 7.22. The third kappa shape index (κ3) is 25.8. The minimum atomic E-state index is -0.0442. The van der Waals surface area contributed by atoms with Crippen LogP contribution in [0.5, 0.6) is 0 Å². The molecule has 0 spiro atoms. The molecule has 194 valence electrons. The number of ether oxygens (including phenoxy) is 8. The topological polar surface area (TPSA) is 135 Å². The second kappa shape index (κ2) is 28.6. The monoisotopic (exact) mass is 472 g/mol. The van der Waals surface area contributed by atoms with Gasteiger partial charge in [-0.15, -0.1) is 0 Å². The highest BCUT2D eigenvalue weighted by Gasteiger charge is 2.13. The number of aliphatic hydroxyl groups is 3. The summed E-state index contributed by atoms with van der Waals surface area (Å²) in [5.74, 6) is 0. The quantitative estimate of drug-likeness (QED) is 0.178. The second-order valence-electron chi connectivity index (χ2n) is 6.51. The third-order valence-electron chi connectivity index (χ3n) is 3.86. The molecular weight excluding hydrogens is 428 g/mol. The van der Waals surface area contributed by atoms with Crippen LogP contribution in [0.2, 0.25) is 0 Å². The van der Waals surface area contributed by atoms with E-state index in [0.717, 1.165) is 19.4 Å². The minimum absolute atomic E-state index is 0.0413. The highest BCUT2D eigenvalue weighted by molar-refractivity contribution is 4.53. The van der Waals surface area contributed by atoms with E-state index in [0.29, 0.717) is 85.9 Å². The van der Waals surface area contributed by atoms with Crippen LogP contribution in [0.1, 0.15) is 19.3 Å². The fourth-order valence-electron chi connectivity index (χ4n) is 2.36. The summed E-state index contributed by atoms with van der Waals surface area (Å²) < 4.78 is 41.7. The van der Waals surface area contributed by atoms with E-state index in [9.17, 15) is 0 Å². The van der Waals surface area contributed by atoms with Gasteiger partial charge < -0.3 is 53.2 Å². The summed E-state index contributed by atoms with van der Waals surface area (Å²) >= 11 is 0. The van der Waals surface area contributed by atoms with Crippen molar-refractivity contribution in [3.63, 3.8) is 0 Å². The van der Waals surface area contributed by atoms with E-state index < -0.39 is 0 Å². The molecule has 11 nitrogen and oxygen atoms in total. The van der Waals surface area contributed by atoms with E-state index in [4.69, 9.17) is 53.2 Å². The van der Waals surface area contributed by atoms with Crippen molar-refractivity contribution in [2.24, 2.45) is 0 Å². The summed E-state index contributed by atoms with van der Waals surface area (Å²) in [6, 6.07) is 0. The fourth-order valence-corrected chi connectivity index (χ4v) is 2.36. The lowest BCUT2D eigenvalue weighted by Crippen LogP contribution is -2.24. The average Bonchev–Trinajstić information content (AvgIpc) is 2.83. The van der Waals surface area contributed by atoms with Crippen LogP contribution in [0.15, 0.2) is 0 Å². The Bertz CT molecular complexity index is 321. The Kier molecular flexibility index (Phi) is 28.2. The predicted octanol–water partition coefficient (Wildman–Crippen LogP) is -0.407. The molecular formula is C21H44O11. The Morgan fingerprint density at radius 1 is 0.500 bits per heavy atom. The lowest BCUT2D eigenvalue weighted by Gasteiger charge is -2.22. The maximum Gasteiger partial charge on any atom is 0.157 e. The molecule has 1 aliphatic rings. The number of hydrogen-bond acceptors (Lipinski definition) is 11. The van der Waals surface area contributed by atoms with Crippen molar-refractivity contribution in [2.75, 3.05) is 112 Å². The normalized spacial score (nSPS) is 16.0. The van der Waals surface area contributed by atoms with Crippen LogP contribution in [0.4, 0.5) is 0 Å². The lowest BCUT2D eigenvalue weighted by molar-refractivity contribution is -0.169. The van der Waals surface area contributed by atoms with Crippen molar-refractivity contribution in [3.8, 4) is 0 Å². The Balaban J connectivity index is 0.000000649. The van der Waals surface area contributed by atoms with Crippen LogP contribution in [0.25, 0.3) is 0 Å². The number of aliphatic hydroxyl groups excluding tert-OH is 3. The first-order chi connectivity index (χ1) is 15.8. The molecule has 1 rings (SSSR count). The predicted molar refractivity (Wildman–Crippen MR) is 116 cm³/mol. The zero-order valence-electron chi connectivity index (χ0n) is 19.3. The van der Waals surface area contributed by atoms with Crippen molar-refractivity contribution in [1.29, 1.82) is 0 Å². The molecule has 0 aromatic carbocycles. The molecule has 32 heavy (non-hydrogen) atoms. The molecule has 3 N–H and O–H groups in total. The van der Waals surface area contributed by atoms with Crippen LogP contribution in [0.3, 0.4) is 0 Å². The van der Waals surface area contributed by atoms with Gasteiger partial charge in [0.05, 0.1) is 106 Å². The molecule has 1 atom stereocenters. The van der Waals surface area contributed by atoms with Gasteiger partial charge in [0.25, 0.3) is 0 Å². The van der Waals surface area contributed by atoms with Crippen molar-refractivity contribution in [3.05, 3.63) is 0 Å². The molecule has 1 aliphatic heterocycles. The highest BCUT2D eigenvalue weighted by atomic mass is 16.7. The van der Waals surface area contributed by atoms with Gasteiger partial charge in [0, 0.05) is 6.61 Å². The standard InChI is InChI=1S/C13H26O6.C8H18O5/c14-4-6-15-7-8-16-9-10-17-11-12-19-13-3-1-2-5-18-13;9-1-3-11-5-7-13-8-6-12-4-2-10/h13-14H,1-12H2;9-10H,1-8H2. The van der Waals surface area contributed by atoms with E-state index in [-0.39, 0.29) is 26.1 Å². The van der Waals surface area contributed by atoms with Crippen LogP contribution in [-0.2, 0) is 37.9 Å². The van der Waals surface area contributed by atoms with Crippen LogP contribution in [0, 0.1) is 0 Å². The molecule has 0 aromatic heterocycles. The van der Waals surface area contributed by atoms with Crippen LogP contribution < -0.4 is 0 Å². The van der Waals surface area contributed by atoms with Crippen LogP contribution in [-0.4, -0.2) is 134 Å². The molecule has 0 aromatic rings. The van der Waals surface area contributed by atoms with E-state index in [1.165, 1.54) is 6.42 Å². The van der Waals surface area contributed by atoms with Gasteiger partial charge in [0.1, 0.15) is 0 Å². The fraction of sp³-hybridized carbons (Fsp3) is 1.00. The van der Waals surface area contributed by atoms with Gasteiger partial charge in [-0.05, 0) is 19.3 Å². The summed E-state index contributed by atoms with van der Waals surface area (Å²) in [4.78, 5) is 0. The van der Waals surface area contributed by atoms with Crippen molar-refractivity contribution in [2.45, 2.75) is 25.6 Å². The average molecular weight is 473 g/mol. The first-order valence-corrected chi connectivity index (χ1v) is 11.4. The van der Waals surface area contributed by atoms with Gasteiger partial charge in [-0.3, -0.25) is 0 Å². The summed E-state index contributed by atoms with van der Waals surface area (Å²) in [6.07, 6.45) is 3.25. The Hall–Kier alpha value is -0.440. The highest BCUT2D eigenvalue weighted by Crippen LogP contribution is 2.13. The summed E-state index contributed by atoms with van der Waals surface area (Å²) in [7, 11) is 0.